The quantitative estimate of drug-likeness (QED) is 0.730. The highest BCUT2D eigenvalue weighted by molar-refractivity contribution is 14.1. The van der Waals surface area contributed by atoms with Crippen LogP contribution in [0.3, 0.4) is 0 Å². The summed E-state index contributed by atoms with van der Waals surface area (Å²) < 4.78 is 23.2. The zero-order valence-corrected chi connectivity index (χ0v) is 14.0. The summed E-state index contributed by atoms with van der Waals surface area (Å²) in [4.78, 5) is 11.7. The van der Waals surface area contributed by atoms with Crippen molar-refractivity contribution in [1.82, 2.24) is 4.37 Å². The van der Waals surface area contributed by atoms with E-state index in [1.54, 1.807) is 13.0 Å². The Morgan fingerprint density at radius 2 is 2.35 bits per heavy atom. The smallest absolute Gasteiger partial charge is 0.412 e. The first kappa shape index (κ1) is 15.5. The molecule has 4 nitrogen and oxygen atoms in total. The van der Waals surface area contributed by atoms with Gasteiger partial charge in [-0.1, -0.05) is 23.7 Å². The van der Waals surface area contributed by atoms with Crippen molar-refractivity contribution in [1.29, 1.82) is 0 Å². The van der Waals surface area contributed by atoms with Crippen molar-refractivity contribution in [2.75, 3.05) is 5.32 Å². The summed E-state index contributed by atoms with van der Waals surface area (Å²) in [5, 5.41) is 2.57. The van der Waals surface area contributed by atoms with E-state index in [1.165, 1.54) is 23.7 Å². The summed E-state index contributed by atoms with van der Waals surface area (Å²) in [7, 11) is 0. The van der Waals surface area contributed by atoms with E-state index in [0.717, 1.165) is 8.58 Å². The molecule has 1 amide bonds. The number of amides is 1. The molecule has 0 fully saturated rings. The second kappa shape index (κ2) is 6.68. The molecule has 1 heterocycles. The Morgan fingerprint density at radius 1 is 1.60 bits per heavy atom. The third-order valence-electron chi connectivity index (χ3n) is 2.44. The maximum Gasteiger partial charge on any atom is 0.412 e. The summed E-state index contributed by atoms with van der Waals surface area (Å²) in [5.41, 5.74) is 1.77. The number of hydrogen-bond acceptors (Lipinski definition) is 4. The largest absolute Gasteiger partial charge is 0.444 e. The van der Waals surface area contributed by atoms with Gasteiger partial charge in [-0.3, -0.25) is 5.32 Å². The molecule has 0 aliphatic heterocycles. The van der Waals surface area contributed by atoms with E-state index in [9.17, 15) is 9.18 Å². The highest BCUT2D eigenvalue weighted by Gasteiger charge is 2.13. The van der Waals surface area contributed by atoms with E-state index in [4.69, 9.17) is 16.3 Å². The molecular weight excluding hydrogens is 418 g/mol. The van der Waals surface area contributed by atoms with Gasteiger partial charge in [0.25, 0.3) is 0 Å². The molecule has 0 saturated carbocycles. The van der Waals surface area contributed by atoms with Crippen LogP contribution in [0, 0.1) is 15.6 Å². The lowest BCUT2D eigenvalue weighted by Crippen LogP contribution is -2.14. The first-order valence-electron chi connectivity index (χ1n) is 5.47. The molecule has 0 aliphatic rings. The van der Waals surface area contributed by atoms with Gasteiger partial charge in [0.2, 0.25) is 0 Å². The van der Waals surface area contributed by atoms with Gasteiger partial charge < -0.3 is 4.74 Å². The van der Waals surface area contributed by atoms with Crippen molar-refractivity contribution >= 4 is 57.5 Å². The number of ether oxygens (including phenoxy) is 1. The maximum absolute atomic E-state index is 13.2. The summed E-state index contributed by atoms with van der Waals surface area (Å²) in [5.74, 6) is -0.541. The van der Waals surface area contributed by atoms with Crippen LogP contribution in [0.4, 0.5) is 14.9 Å². The summed E-state index contributed by atoms with van der Waals surface area (Å²) >= 11 is 9.14. The van der Waals surface area contributed by atoms with E-state index >= 15 is 0 Å². The van der Waals surface area contributed by atoms with E-state index in [2.05, 4.69) is 32.3 Å². The van der Waals surface area contributed by atoms with Crippen LogP contribution >= 0.6 is 45.7 Å². The molecule has 106 valence electrons. The Bertz CT molecular complexity index is 631. The highest BCUT2D eigenvalue weighted by atomic mass is 127. The minimum Gasteiger partial charge on any atom is -0.444 e. The molecule has 0 bridgehead atoms. The van der Waals surface area contributed by atoms with Crippen LogP contribution in [0.25, 0.3) is 0 Å². The molecule has 0 atom stereocenters. The van der Waals surface area contributed by atoms with E-state index in [1.807, 2.05) is 0 Å². The SMILES string of the molecule is Cc1nsc(I)c1NC(=O)OCc1cccc(F)c1Cl. The third-order valence-corrected chi connectivity index (χ3v) is 4.72. The standard InChI is InChI=1S/C12H9ClFIN2O2S/c1-6-10(11(15)20-17-6)16-12(18)19-5-7-3-2-4-8(14)9(7)13/h2-4H,5H2,1H3,(H,16,18). The highest BCUT2D eigenvalue weighted by Crippen LogP contribution is 2.26. The third kappa shape index (κ3) is 3.58. The number of hydrogen-bond donors (Lipinski definition) is 1. The van der Waals surface area contributed by atoms with E-state index < -0.39 is 11.9 Å². The molecule has 20 heavy (non-hydrogen) atoms. The van der Waals surface area contributed by atoms with Crippen molar-refractivity contribution < 1.29 is 13.9 Å². The molecule has 8 heteroatoms. The number of aryl methyl sites for hydroxylation is 1. The van der Waals surface area contributed by atoms with Crippen LogP contribution in [-0.2, 0) is 11.3 Å². The zero-order chi connectivity index (χ0) is 14.7. The van der Waals surface area contributed by atoms with Crippen molar-refractivity contribution in [3.63, 3.8) is 0 Å². The lowest BCUT2D eigenvalue weighted by Gasteiger charge is -2.08. The van der Waals surface area contributed by atoms with Crippen LogP contribution < -0.4 is 5.32 Å². The Hall–Kier alpha value is -0.930. The number of anilines is 1. The second-order valence-corrected chi connectivity index (χ2v) is 6.79. The summed E-state index contributed by atoms with van der Waals surface area (Å²) in [6.07, 6.45) is -0.633. The number of aromatic nitrogens is 1. The van der Waals surface area contributed by atoms with Gasteiger partial charge in [-0.05, 0) is 47.1 Å². The molecule has 0 unspecified atom stereocenters. The van der Waals surface area contributed by atoms with Crippen molar-refractivity contribution in [3.05, 3.63) is 43.2 Å². The minimum atomic E-state index is -0.633. The van der Waals surface area contributed by atoms with Crippen molar-refractivity contribution in [2.45, 2.75) is 13.5 Å². The van der Waals surface area contributed by atoms with Gasteiger partial charge in [-0.15, -0.1) is 0 Å². The van der Waals surface area contributed by atoms with Gasteiger partial charge in [0.05, 0.1) is 16.4 Å². The summed E-state index contributed by atoms with van der Waals surface area (Å²) in [6.45, 7) is 1.69. The molecule has 2 aromatic rings. The van der Waals surface area contributed by atoms with Gasteiger partial charge in [0.1, 0.15) is 15.3 Å². The molecule has 0 aliphatic carbocycles. The van der Waals surface area contributed by atoms with Crippen LogP contribution in [-0.4, -0.2) is 10.5 Å². The van der Waals surface area contributed by atoms with Crippen LogP contribution in [0.2, 0.25) is 5.02 Å². The normalized spacial score (nSPS) is 10.4. The van der Waals surface area contributed by atoms with E-state index in [0.29, 0.717) is 11.3 Å². The molecule has 0 spiro atoms. The predicted molar refractivity (Wildman–Crippen MR) is 84.8 cm³/mol. The maximum atomic E-state index is 13.2. The second-order valence-electron chi connectivity index (χ2n) is 3.83. The van der Waals surface area contributed by atoms with Gasteiger partial charge in [-0.2, -0.15) is 4.37 Å². The molecule has 1 aromatic carbocycles. The Morgan fingerprint density at radius 3 is 3.00 bits per heavy atom. The first-order chi connectivity index (χ1) is 9.49. The Kier molecular flexibility index (Phi) is 5.17. The fourth-order valence-corrected chi connectivity index (χ4v) is 3.02. The lowest BCUT2D eigenvalue weighted by atomic mass is 10.2. The zero-order valence-electron chi connectivity index (χ0n) is 10.2. The topological polar surface area (TPSA) is 51.2 Å². The minimum absolute atomic E-state index is 0.0386. The monoisotopic (exact) mass is 426 g/mol. The predicted octanol–water partition coefficient (Wildman–Crippen LogP) is 4.60. The number of nitrogens with one attached hydrogen (secondary N) is 1. The van der Waals surface area contributed by atoms with Crippen molar-refractivity contribution in [2.24, 2.45) is 0 Å². The Balaban J connectivity index is 1.98. The molecular formula is C12H9ClFIN2O2S. The average molecular weight is 427 g/mol. The molecule has 1 N–H and O–H groups in total. The van der Waals surface area contributed by atoms with Crippen LogP contribution in [0.5, 0.6) is 0 Å². The van der Waals surface area contributed by atoms with Gasteiger partial charge >= 0.3 is 6.09 Å². The molecule has 2 rings (SSSR count). The van der Waals surface area contributed by atoms with Gasteiger partial charge in [-0.25, -0.2) is 9.18 Å². The van der Waals surface area contributed by atoms with Gasteiger partial charge in [0, 0.05) is 5.56 Å². The van der Waals surface area contributed by atoms with Crippen LogP contribution in [0.15, 0.2) is 18.2 Å². The number of halogens is 3. The lowest BCUT2D eigenvalue weighted by molar-refractivity contribution is 0.155. The Labute approximate surface area is 137 Å². The number of benzene rings is 1. The summed E-state index contributed by atoms with van der Waals surface area (Å²) in [6, 6.07) is 4.35. The number of rotatable bonds is 3. The van der Waals surface area contributed by atoms with Gasteiger partial charge in [0.15, 0.2) is 0 Å². The first-order valence-corrected chi connectivity index (χ1v) is 7.70. The number of carbonyl (C=O) groups excluding carboxylic acids is 1. The van der Waals surface area contributed by atoms with Crippen LogP contribution in [0.1, 0.15) is 11.3 Å². The fourth-order valence-electron chi connectivity index (χ4n) is 1.42. The van der Waals surface area contributed by atoms with Crippen molar-refractivity contribution in [3.8, 4) is 0 Å². The number of carbonyl (C=O) groups is 1. The number of nitrogens with zero attached hydrogens (tertiary/aromatic N) is 1. The molecule has 1 aromatic heterocycles. The van der Waals surface area contributed by atoms with E-state index in [-0.39, 0.29) is 11.6 Å². The fraction of sp³-hybridized carbons (Fsp3) is 0.167. The molecule has 0 saturated heterocycles. The molecule has 0 radical (unpaired) electrons. The average Bonchev–Trinajstić information content (AvgIpc) is 2.72.